The number of thiophene rings is 1. The minimum atomic E-state index is -0.553. The molecule has 0 spiro atoms. The second-order valence-electron chi connectivity index (χ2n) is 4.14. The van der Waals surface area contributed by atoms with Gasteiger partial charge in [0.2, 0.25) is 0 Å². The van der Waals surface area contributed by atoms with Gasteiger partial charge in [0.15, 0.2) is 5.78 Å². The quantitative estimate of drug-likeness (QED) is 0.745. The Morgan fingerprint density at radius 2 is 2.29 bits per heavy atom. The molecule has 0 aliphatic carbocycles. The number of hydrogen-bond acceptors (Lipinski definition) is 5. The van der Waals surface area contributed by atoms with Gasteiger partial charge in [0.05, 0.1) is 24.1 Å². The summed E-state index contributed by atoms with van der Waals surface area (Å²) in [6, 6.07) is 3.79. The van der Waals surface area contributed by atoms with Crippen LogP contribution < -0.4 is 0 Å². The number of ether oxygens (including phenoxy) is 1. The number of aliphatic hydroxyl groups excluding tert-OH is 1. The highest BCUT2D eigenvalue weighted by Gasteiger charge is 2.13. The van der Waals surface area contributed by atoms with Gasteiger partial charge >= 0.3 is 0 Å². The Morgan fingerprint density at radius 1 is 1.59 bits per heavy atom. The molecular formula is C12H19NO3S. The molecule has 0 saturated carbocycles. The van der Waals surface area contributed by atoms with Crippen molar-refractivity contribution in [2.24, 2.45) is 0 Å². The maximum absolute atomic E-state index is 11.9. The predicted octanol–water partition coefficient (Wildman–Crippen LogP) is 1.18. The summed E-state index contributed by atoms with van der Waals surface area (Å²) in [5.74, 6) is 0.0928. The zero-order valence-corrected chi connectivity index (χ0v) is 11.3. The molecule has 0 saturated heterocycles. The molecule has 0 bridgehead atoms. The third-order valence-electron chi connectivity index (χ3n) is 2.31. The molecule has 1 aromatic heterocycles. The van der Waals surface area contributed by atoms with Gasteiger partial charge in [-0.1, -0.05) is 0 Å². The predicted molar refractivity (Wildman–Crippen MR) is 68.8 cm³/mol. The van der Waals surface area contributed by atoms with E-state index in [0.717, 1.165) is 9.75 Å². The first-order valence-corrected chi connectivity index (χ1v) is 6.29. The van der Waals surface area contributed by atoms with Crippen molar-refractivity contribution >= 4 is 17.1 Å². The van der Waals surface area contributed by atoms with E-state index < -0.39 is 6.10 Å². The normalized spacial score (nSPS) is 13.0. The monoisotopic (exact) mass is 257 g/mol. The minimum Gasteiger partial charge on any atom is -0.389 e. The molecule has 0 amide bonds. The van der Waals surface area contributed by atoms with Gasteiger partial charge in [0, 0.05) is 18.5 Å². The van der Waals surface area contributed by atoms with Crippen molar-refractivity contribution in [3.63, 3.8) is 0 Å². The van der Waals surface area contributed by atoms with Crippen LogP contribution in [0.15, 0.2) is 12.1 Å². The summed E-state index contributed by atoms with van der Waals surface area (Å²) in [5.41, 5.74) is 0. The van der Waals surface area contributed by atoms with Crippen LogP contribution in [0.2, 0.25) is 0 Å². The van der Waals surface area contributed by atoms with Crippen LogP contribution in [0.4, 0.5) is 0 Å². The van der Waals surface area contributed by atoms with Crippen LogP contribution in [0.3, 0.4) is 0 Å². The Bertz CT molecular complexity index is 364. The fourth-order valence-corrected chi connectivity index (χ4v) is 2.37. The van der Waals surface area contributed by atoms with E-state index in [1.807, 2.05) is 26.1 Å². The van der Waals surface area contributed by atoms with E-state index in [1.54, 1.807) is 12.0 Å². The molecular weight excluding hydrogens is 238 g/mol. The van der Waals surface area contributed by atoms with Crippen LogP contribution in [0.25, 0.3) is 0 Å². The van der Waals surface area contributed by atoms with Crippen molar-refractivity contribution in [2.45, 2.75) is 13.0 Å². The van der Waals surface area contributed by atoms with Gasteiger partial charge in [0.25, 0.3) is 0 Å². The SMILES string of the molecule is COCC(O)CN(C)CC(=O)c1ccc(C)s1. The summed E-state index contributed by atoms with van der Waals surface area (Å²) >= 11 is 1.50. The summed E-state index contributed by atoms with van der Waals surface area (Å²) in [6.45, 7) is 3.02. The molecule has 0 aliphatic heterocycles. The van der Waals surface area contributed by atoms with Gasteiger partial charge < -0.3 is 9.84 Å². The molecule has 1 N–H and O–H groups in total. The number of ketones is 1. The average Bonchev–Trinajstić information content (AvgIpc) is 2.64. The average molecular weight is 257 g/mol. The maximum Gasteiger partial charge on any atom is 0.186 e. The number of aliphatic hydroxyl groups is 1. The zero-order chi connectivity index (χ0) is 12.8. The van der Waals surface area contributed by atoms with Crippen molar-refractivity contribution in [3.8, 4) is 0 Å². The standard InChI is InChI=1S/C12H19NO3S/c1-9-4-5-12(17-9)11(15)7-13(2)6-10(14)8-16-3/h4-5,10,14H,6-8H2,1-3H3. The van der Waals surface area contributed by atoms with Crippen LogP contribution in [0, 0.1) is 6.92 Å². The number of likely N-dealkylation sites (N-methyl/N-ethyl adjacent to an activating group) is 1. The number of rotatable bonds is 7. The lowest BCUT2D eigenvalue weighted by atomic mass is 10.3. The highest BCUT2D eigenvalue weighted by atomic mass is 32.1. The Morgan fingerprint density at radius 3 is 2.82 bits per heavy atom. The minimum absolute atomic E-state index is 0.0928. The largest absolute Gasteiger partial charge is 0.389 e. The molecule has 0 radical (unpaired) electrons. The summed E-state index contributed by atoms with van der Waals surface area (Å²) in [6.07, 6.45) is -0.553. The van der Waals surface area contributed by atoms with E-state index in [2.05, 4.69) is 0 Å². The first kappa shape index (κ1) is 14.3. The molecule has 96 valence electrons. The van der Waals surface area contributed by atoms with Crippen molar-refractivity contribution < 1.29 is 14.6 Å². The first-order valence-electron chi connectivity index (χ1n) is 5.48. The highest BCUT2D eigenvalue weighted by molar-refractivity contribution is 7.14. The van der Waals surface area contributed by atoms with Crippen molar-refractivity contribution in [1.29, 1.82) is 0 Å². The molecule has 1 aromatic rings. The third-order valence-corrected chi connectivity index (χ3v) is 3.35. The Kier molecular flexibility index (Phi) is 5.77. The van der Waals surface area contributed by atoms with Gasteiger partial charge in [-0.15, -0.1) is 11.3 Å². The van der Waals surface area contributed by atoms with Crippen molar-refractivity contribution in [2.75, 3.05) is 33.9 Å². The number of nitrogens with zero attached hydrogens (tertiary/aromatic N) is 1. The lowest BCUT2D eigenvalue weighted by Crippen LogP contribution is -2.35. The number of Topliss-reactive ketones (excluding diaryl/α,β-unsaturated/α-hetero) is 1. The molecule has 1 unspecified atom stereocenters. The molecule has 5 heteroatoms. The topological polar surface area (TPSA) is 49.8 Å². The van der Waals surface area contributed by atoms with Crippen LogP contribution >= 0.6 is 11.3 Å². The molecule has 0 aromatic carbocycles. The van der Waals surface area contributed by atoms with Gasteiger partial charge in [-0.2, -0.15) is 0 Å². The highest BCUT2D eigenvalue weighted by Crippen LogP contribution is 2.15. The summed E-state index contributed by atoms with van der Waals surface area (Å²) in [7, 11) is 3.36. The Hall–Kier alpha value is -0.750. The number of aryl methyl sites for hydroxylation is 1. The van der Waals surface area contributed by atoms with Gasteiger partial charge in [-0.05, 0) is 26.1 Å². The van der Waals surface area contributed by atoms with Gasteiger partial charge in [0.1, 0.15) is 0 Å². The van der Waals surface area contributed by atoms with E-state index in [-0.39, 0.29) is 12.4 Å². The third kappa shape index (κ3) is 4.95. The van der Waals surface area contributed by atoms with E-state index in [4.69, 9.17) is 4.74 Å². The molecule has 0 aliphatic rings. The van der Waals surface area contributed by atoms with Crippen LogP contribution in [0.5, 0.6) is 0 Å². The smallest absolute Gasteiger partial charge is 0.186 e. The van der Waals surface area contributed by atoms with Crippen LogP contribution in [-0.4, -0.2) is 55.7 Å². The van der Waals surface area contributed by atoms with E-state index >= 15 is 0 Å². The Labute approximate surface area is 106 Å². The van der Waals surface area contributed by atoms with E-state index in [9.17, 15) is 9.90 Å². The molecule has 0 fully saturated rings. The lowest BCUT2D eigenvalue weighted by molar-refractivity contribution is 0.0428. The fourth-order valence-electron chi connectivity index (χ4n) is 1.58. The summed E-state index contributed by atoms with van der Waals surface area (Å²) in [5, 5.41) is 9.53. The molecule has 17 heavy (non-hydrogen) atoms. The molecule has 1 heterocycles. The number of carbonyl (C=O) groups excluding carboxylic acids is 1. The van der Waals surface area contributed by atoms with Crippen LogP contribution in [-0.2, 0) is 4.74 Å². The van der Waals surface area contributed by atoms with Crippen LogP contribution in [0.1, 0.15) is 14.5 Å². The number of carbonyl (C=O) groups is 1. The second kappa shape index (κ2) is 6.86. The lowest BCUT2D eigenvalue weighted by Gasteiger charge is -2.18. The summed E-state index contributed by atoms with van der Waals surface area (Å²) in [4.78, 5) is 15.6. The second-order valence-corrected chi connectivity index (χ2v) is 5.43. The van der Waals surface area contributed by atoms with Crippen molar-refractivity contribution in [1.82, 2.24) is 4.90 Å². The first-order chi connectivity index (χ1) is 8.02. The summed E-state index contributed by atoms with van der Waals surface area (Å²) < 4.78 is 4.84. The van der Waals surface area contributed by atoms with Gasteiger partial charge in [-0.3, -0.25) is 9.69 Å². The molecule has 1 atom stereocenters. The molecule has 4 nitrogen and oxygen atoms in total. The van der Waals surface area contributed by atoms with Crippen molar-refractivity contribution in [3.05, 3.63) is 21.9 Å². The van der Waals surface area contributed by atoms with E-state index in [0.29, 0.717) is 13.1 Å². The molecule has 1 rings (SSSR count). The Balaban J connectivity index is 2.40. The number of methoxy groups -OCH3 is 1. The van der Waals surface area contributed by atoms with Gasteiger partial charge in [-0.25, -0.2) is 0 Å². The van der Waals surface area contributed by atoms with E-state index in [1.165, 1.54) is 11.3 Å². The maximum atomic E-state index is 11.9. The zero-order valence-electron chi connectivity index (χ0n) is 10.5. The fraction of sp³-hybridized carbons (Fsp3) is 0.583. The number of hydrogen-bond donors (Lipinski definition) is 1.